The molecule has 2 aromatic heterocycles. The van der Waals surface area contributed by atoms with Crippen molar-refractivity contribution in [1.29, 1.82) is 0 Å². The van der Waals surface area contributed by atoms with E-state index in [2.05, 4.69) is 32.3 Å². The second-order valence-electron chi connectivity index (χ2n) is 4.51. The molecule has 0 aliphatic carbocycles. The Bertz CT molecular complexity index is 504. The smallest absolute Gasteiger partial charge is 0.234 e. The average Bonchev–Trinajstić information content (AvgIpc) is 2.99. The Morgan fingerprint density at radius 1 is 1.47 bits per heavy atom. The molecule has 0 radical (unpaired) electrons. The molecule has 0 spiro atoms. The summed E-state index contributed by atoms with van der Waals surface area (Å²) in [4.78, 5) is 12.4. The molecule has 2 aromatic rings. The maximum Gasteiger partial charge on any atom is 0.234 e. The van der Waals surface area contributed by atoms with Gasteiger partial charge >= 0.3 is 0 Å². The van der Waals surface area contributed by atoms with Gasteiger partial charge in [0.2, 0.25) is 11.7 Å². The van der Waals surface area contributed by atoms with Gasteiger partial charge in [-0.15, -0.1) is 0 Å². The van der Waals surface area contributed by atoms with Gasteiger partial charge < -0.3 is 9.84 Å². The molecule has 88 valence electrons. The van der Waals surface area contributed by atoms with Crippen LogP contribution in [0.15, 0.2) is 23.1 Å². The number of aromatic nitrogens is 4. The van der Waals surface area contributed by atoms with Gasteiger partial charge in [-0.3, -0.25) is 0 Å². The SMILES string of the molecule is CC1(c2nc(-c3ccncn3)no2)CCNC1. The topological polar surface area (TPSA) is 76.7 Å². The van der Waals surface area contributed by atoms with E-state index < -0.39 is 0 Å². The molecule has 3 rings (SSSR count). The quantitative estimate of drug-likeness (QED) is 0.823. The average molecular weight is 231 g/mol. The van der Waals surface area contributed by atoms with Crippen molar-refractivity contribution >= 4 is 0 Å². The summed E-state index contributed by atoms with van der Waals surface area (Å²) in [7, 11) is 0. The lowest BCUT2D eigenvalue weighted by atomic mass is 9.90. The molecule has 1 aliphatic heterocycles. The third-order valence-corrected chi connectivity index (χ3v) is 3.12. The van der Waals surface area contributed by atoms with E-state index in [0.717, 1.165) is 19.5 Å². The van der Waals surface area contributed by atoms with Crippen molar-refractivity contribution in [3.63, 3.8) is 0 Å². The van der Waals surface area contributed by atoms with Crippen LogP contribution in [0, 0.1) is 0 Å². The highest BCUT2D eigenvalue weighted by molar-refractivity contribution is 5.46. The van der Waals surface area contributed by atoms with Crippen LogP contribution in [-0.2, 0) is 5.41 Å². The highest BCUT2D eigenvalue weighted by Crippen LogP contribution is 2.29. The lowest BCUT2D eigenvalue weighted by molar-refractivity contribution is 0.306. The standard InChI is InChI=1S/C11H13N5O/c1-11(3-5-12-6-11)10-15-9(16-17-10)8-2-4-13-7-14-8/h2,4,7,12H,3,5-6H2,1H3. The van der Waals surface area contributed by atoms with Crippen LogP contribution in [0.25, 0.3) is 11.5 Å². The minimum atomic E-state index is -0.0573. The first-order chi connectivity index (χ1) is 8.28. The lowest BCUT2D eigenvalue weighted by Gasteiger charge is -2.15. The molecule has 3 heterocycles. The molecular weight excluding hydrogens is 218 g/mol. The van der Waals surface area contributed by atoms with Gasteiger partial charge in [0.1, 0.15) is 12.0 Å². The van der Waals surface area contributed by atoms with E-state index in [9.17, 15) is 0 Å². The minimum Gasteiger partial charge on any atom is -0.338 e. The minimum absolute atomic E-state index is 0.0573. The molecule has 1 N–H and O–H groups in total. The van der Waals surface area contributed by atoms with Crippen LogP contribution in [0.4, 0.5) is 0 Å². The first-order valence-corrected chi connectivity index (χ1v) is 5.59. The molecule has 0 bridgehead atoms. The molecule has 0 aromatic carbocycles. The monoisotopic (exact) mass is 231 g/mol. The Labute approximate surface area is 98.5 Å². The maximum absolute atomic E-state index is 5.34. The van der Waals surface area contributed by atoms with E-state index in [0.29, 0.717) is 17.4 Å². The van der Waals surface area contributed by atoms with Gasteiger partial charge in [0.05, 0.1) is 5.41 Å². The first kappa shape index (κ1) is 10.3. The fraction of sp³-hybridized carbons (Fsp3) is 0.455. The predicted molar refractivity (Wildman–Crippen MR) is 60.2 cm³/mol. The van der Waals surface area contributed by atoms with Crippen molar-refractivity contribution in [2.24, 2.45) is 0 Å². The number of hydrogen-bond acceptors (Lipinski definition) is 6. The van der Waals surface area contributed by atoms with Crippen molar-refractivity contribution in [2.75, 3.05) is 13.1 Å². The van der Waals surface area contributed by atoms with Crippen molar-refractivity contribution < 1.29 is 4.52 Å². The van der Waals surface area contributed by atoms with Crippen molar-refractivity contribution in [3.05, 3.63) is 24.5 Å². The Kier molecular flexibility index (Phi) is 2.36. The third kappa shape index (κ3) is 1.80. The summed E-state index contributed by atoms with van der Waals surface area (Å²) in [6, 6.07) is 1.77. The number of nitrogens with zero attached hydrogens (tertiary/aromatic N) is 4. The Hall–Kier alpha value is -1.82. The number of nitrogens with one attached hydrogen (secondary N) is 1. The zero-order valence-corrected chi connectivity index (χ0v) is 9.55. The molecule has 1 saturated heterocycles. The molecule has 0 amide bonds. The van der Waals surface area contributed by atoms with Crippen molar-refractivity contribution in [3.8, 4) is 11.5 Å². The predicted octanol–water partition coefficient (Wildman–Crippen LogP) is 0.778. The Balaban J connectivity index is 1.93. The van der Waals surface area contributed by atoms with E-state index in [1.807, 2.05) is 0 Å². The zero-order valence-electron chi connectivity index (χ0n) is 9.55. The van der Waals surface area contributed by atoms with Crippen LogP contribution in [0.1, 0.15) is 19.2 Å². The van der Waals surface area contributed by atoms with Crippen molar-refractivity contribution in [1.82, 2.24) is 25.4 Å². The largest absolute Gasteiger partial charge is 0.338 e. The Morgan fingerprint density at radius 3 is 3.12 bits per heavy atom. The second-order valence-corrected chi connectivity index (χ2v) is 4.51. The van der Waals surface area contributed by atoms with Gasteiger partial charge in [0.15, 0.2) is 0 Å². The summed E-state index contributed by atoms with van der Waals surface area (Å²) >= 11 is 0. The highest BCUT2D eigenvalue weighted by Gasteiger charge is 2.36. The van der Waals surface area contributed by atoms with Crippen molar-refractivity contribution in [2.45, 2.75) is 18.8 Å². The summed E-state index contributed by atoms with van der Waals surface area (Å²) in [5.41, 5.74) is 0.628. The molecule has 1 atom stereocenters. The highest BCUT2D eigenvalue weighted by atomic mass is 16.5. The van der Waals surface area contributed by atoms with Crippen LogP contribution < -0.4 is 5.32 Å². The van der Waals surface area contributed by atoms with Crippen LogP contribution in [0.5, 0.6) is 0 Å². The second kappa shape index (κ2) is 3.89. The van der Waals surface area contributed by atoms with Crippen LogP contribution in [0.3, 0.4) is 0 Å². The van der Waals surface area contributed by atoms with E-state index in [4.69, 9.17) is 4.52 Å². The zero-order chi connectivity index (χ0) is 11.7. The normalized spacial score (nSPS) is 24.1. The molecule has 1 unspecified atom stereocenters. The van der Waals surface area contributed by atoms with Gasteiger partial charge in [0, 0.05) is 12.7 Å². The molecule has 0 saturated carbocycles. The lowest BCUT2D eigenvalue weighted by Crippen LogP contribution is -2.25. The van der Waals surface area contributed by atoms with E-state index in [1.165, 1.54) is 6.33 Å². The number of rotatable bonds is 2. The first-order valence-electron chi connectivity index (χ1n) is 5.59. The molecule has 1 fully saturated rings. The fourth-order valence-electron chi connectivity index (χ4n) is 2.00. The summed E-state index contributed by atoms with van der Waals surface area (Å²) in [6.45, 7) is 3.99. The van der Waals surface area contributed by atoms with E-state index in [1.54, 1.807) is 12.3 Å². The fourth-order valence-corrected chi connectivity index (χ4v) is 2.00. The van der Waals surface area contributed by atoms with Crippen LogP contribution in [-0.4, -0.2) is 33.2 Å². The van der Waals surface area contributed by atoms with Gasteiger partial charge in [-0.25, -0.2) is 9.97 Å². The summed E-state index contributed by atoms with van der Waals surface area (Å²) in [5.74, 6) is 1.20. The molecular formula is C11H13N5O. The Morgan fingerprint density at radius 2 is 2.41 bits per heavy atom. The molecule has 1 aliphatic rings. The summed E-state index contributed by atoms with van der Waals surface area (Å²) in [5, 5.41) is 7.28. The van der Waals surface area contributed by atoms with E-state index >= 15 is 0 Å². The third-order valence-electron chi connectivity index (χ3n) is 3.12. The van der Waals surface area contributed by atoms with Crippen LogP contribution in [0.2, 0.25) is 0 Å². The van der Waals surface area contributed by atoms with E-state index in [-0.39, 0.29) is 5.41 Å². The number of hydrogen-bond donors (Lipinski definition) is 1. The summed E-state index contributed by atoms with van der Waals surface area (Å²) in [6.07, 6.45) is 4.15. The van der Waals surface area contributed by atoms with Crippen LogP contribution >= 0.6 is 0 Å². The summed E-state index contributed by atoms with van der Waals surface area (Å²) < 4.78 is 5.34. The maximum atomic E-state index is 5.34. The van der Waals surface area contributed by atoms with Gasteiger partial charge in [0.25, 0.3) is 0 Å². The van der Waals surface area contributed by atoms with Gasteiger partial charge in [-0.1, -0.05) is 5.16 Å². The molecule has 6 heteroatoms. The van der Waals surface area contributed by atoms with Gasteiger partial charge in [-0.05, 0) is 26.0 Å². The van der Waals surface area contributed by atoms with Gasteiger partial charge in [-0.2, -0.15) is 4.98 Å². The molecule has 17 heavy (non-hydrogen) atoms. The molecule has 6 nitrogen and oxygen atoms in total.